The number of benzene rings is 1. The third-order valence-corrected chi connectivity index (χ3v) is 8.43. The molecule has 30 heavy (non-hydrogen) atoms. The molecule has 5 rings (SSSR count). The fraction of sp³-hybridized carbons (Fsp3) is 0.545. The predicted molar refractivity (Wildman–Crippen MR) is 115 cm³/mol. The van der Waals surface area contributed by atoms with Crippen molar-refractivity contribution in [1.29, 1.82) is 0 Å². The van der Waals surface area contributed by atoms with Gasteiger partial charge in [-0.1, -0.05) is 30.3 Å². The average molecular weight is 429 g/mol. The van der Waals surface area contributed by atoms with Crippen molar-refractivity contribution in [2.45, 2.75) is 50.7 Å². The maximum atomic E-state index is 13.0. The molecule has 0 amide bonds. The molecule has 0 aliphatic carbocycles. The summed E-state index contributed by atoms with van der Waals surface area (Å²) in [6, 6.07) is 10.4. The van der Waals surface area contributed by atoms with E-state index in [1.165, 1.54) is 11.8 Å². The van der Waals surface area contributed by atoms with Gasteiger partial charge in [-0.25, -0.2) is 12.7 Å². The molecule has 0 bridgehead atoms. The Hall–Kier alpha value is -2.03. The normalized spacial score (nSPS) is 21.5. The summed E-state index contributed by atoms with van der Waals surface area (Å²) in [5, 5.41) is 0. The van der Waals surface area contributed by atoms with Crippen LogP contribution in [0.2, 0.25) is 0 Å². The summed E-state index contributed by atoms with van der Waals surface area (Å²) < 4.78 is 27.6. The number of sulfonamides is 1. The van der Waals surface area contributed by atoms with E-state index in [0.29, 0.717) is 19.6 Å². The van der Waals surface area contributed by atoms with Gasteiger partial charge in [-0.15, -0.1) is 0 Å². The molecule has 1 fully saturated rings. The summed E-state index contributed by atoms with van der Waals surface area (Å²) in [5.41, 5.74) is 2.99. The lowest BCUT2D eigenvalue weighted by Crippen LogP contribution is -2.45. The van der Waals surface area contributed by atoms with Crippen LogP contribution in [0, 0.1) is 0 Å². The second kappa shape index (κ2) is 7.28. The van der Waals surface area contributed by atoms with Crippen LogP contribution in [-0.2, 0) is 41.5 Å². The molecular formula is C22H28N4O3S. The Morgan fingerprint density at radius 2 is 1.73 bits per heavy atom. The molecule has 4 heterocycles. The topological polar surface area (TPSA) is 75.5 Å². The molecule has 0 saturated carbocycles. The number of fused-ring (bicyclic) bond motifs is 4. The Labute approximate surface area is 177 Å². The molecule has 3 aliphatic rings. The van der Waals surface area contributed by atoms with E-state index in [9.17, 15) is 13.2 Å². The van der Waals surface area contributed by atoms with Crippen molar-refractivity contribution in [3.05, 3.63) is 63.3 Å². The van der Waals surface area contributed by atoms with Crippen molar-refractivity contribution in [3.8, 4) is 0 Å². The summed E-state index contributed by atoms with van der Waals surface area (Å²) in [4.78, 5) is 19.9. The minimum absolute atomic E-state index is 0.0965. The first-order valence-electron chi connectivity index (χ1n) is 10.7. The van der Waals surface area contributed by atoms with Crippen molar-refractivity contribution in [3.63, 3.8) is 0 Å². The summed E-state index contributed by atoms with van der Waals surface area (Å²) in [6.45, 7) is 4.31. The lowest BCUT2D eigenvalue weighted by Gasteiger charge is -2.38. The van der Waals surface area contributed by atoms with Crippen LogP contribution in [0.1, 0.15) is 41.9 Å². The van der Waals surface area contributed by atoms with Gasteiger partial charge in [0.15, 0.2) is 0 Å². The van der Waals surface area contributed by atoms with Crippen LogP contribution in [-0.4, -0.2) is 53.1 Å². The standard InChI is InChI=1S/C22H28N4O3S/c1-30(28,29)25-12-8-22(9-13-25)10-14-26-19-7-11-24(15-17-5-3-2-4-6-17)16-18(19)20(27)23-21(22)26/h2-6H,7-16H2,1H3. The summed E-state index contributed by atoms with van der Waals surface area (Å²) in [5.74, 6) is 0.899. The highest BCUT2D eigenvalue weighted by Crippen LogP contribution is 2.43. The van der Waals surface area contributed by atoms with E-state index < -0.39 is 10.0 Å². The predicted octanol–water partition coefficient (Wildman–Crippen LogP) is 1.50. The van der Waals surface area contributed by atoms with E-state index in [1.807, 2.05) is 18.2 Å². The highest BCUT2D eigenvalue weighted by Gasteiger charge is 2.45. The summed E-state index contributed by atoms with van der Waals surface area (Å²) in [7, 11) is -3.17. The number of hydrogen-bond acceptors (Lipinski definition) is 5. The fourth-order valence-corrected chi connectivity index (χ4v) is 6.27. The van der Waals surface area contributed by atoms with Crippen molar-refractivity contribution in [1.82, 2.24) is 18.8 Å². The van der Waals surface area contributed by atoms with Gasteiger partial charge in [-0.3, -0.25) is 9.69 Å². The highest BCUT2D eigenvalue weighted by molar-refractivity contribution is 7.88. The van der Waals surface area contributed by atoms with Gasteiger partial charge in [0.25, 0.3) is 5.56 Å². The lowest BCUT2D eigenvalue weighted by molar-refractivity contribution is 0.226. The quantitative estimate of drug-likeness (QED) is 0.741. The van der Waals surface area contributed by atoms with Crippen LogP contribution >= 0.6 is 0 Å². The highest BCUT2D eigenvalue weighted by atomic mass is 32.2. The molecule has 1 aromatic carbocycles. The zero-order chi connectivity index (χ0) is 20.9. The van der Waals surface area contributed by atoms with Crippen LogP contribution < -0.4 is 5.56 Å². The van der Waals surface area contributed by atoms with Crippen LogP contribution in [0.15, 0.2) is 35.1 Å². The smallest absolute Gasteiger partial charge is 0.277 e. The number of piperidine rings is 1. The Bertz CT molecular complexity index is 1120. The number of aromatic nitrogens is 2. The number of hydrogen-bond donors (Lipinski definition) is 0. The first-order valence-corrected chi connectivity index (χ1v) is 12.6. The van der Waals surface area contributed by atoms with Gasteiger partial charge in [0, 0.05) is 56.8 Å². The minimum atomic E-state index is -3.17. The third kappa shape index (κ3) is 3.40. The maximum absolute atomic E-state index is 13.0. The van der Waals surface area contributed by atoms with E-state index in [4.69, 9.17) is 0 Å². The molecule has 0 unspecified atom stereocenters. The van der Waals surface area contributed by atoms with Crippen molar-refractivity contribution < 1.29 is 8.42 Å². The molecule has 0 atom stereocenters. The molecule has 1 spiro atoms. The minimum Gasteiger partial charge on any atom is -0.332 e. The van der Waals surface area contributed by atoms with E-state index in [0.717, 1.165) is 62.4 Å². The molecule has 3 aliphatic heterocycles. The number of nitrogens with zero attached hydrogens (tertiary/aromatic N) is 4. The zero-order valence-electron chi connectivity index (χ0n) is 17.4. The Kier molecular flexibility index (Phi) is 4.83. The van der Waals surface area contributed by atoms with Gasteiger partial charge in [0.2, 0.25) is 10.0 Å². The average Bonchev–Trinajstić information content (AvgIpc) is 3.06. The van der Waals surface area contributed by atoms with Gasteiger partial charge in [-0.05, 0) is 24.8 Å². The first-order chi connectivity index (χ1) is 14.4. The molecule has 0 radical (unpaired) electrons. The van der Waals surface area contributed by atoms with Gasteiger partial charge < -0.3 is 4.57 Å². The third-order valence-electron chi connectivity index (χ3n) is 7.13. The van der Waals surface area contributed by atoms with Gasteiger partial charge in [0.05, 0.1) is 11.8 Å². The van der Waals surface area contributed by atoms with Crippen LogP contribution in [0.5, 0.6) is 0 Å². The molecule has 160 valence electrons. The van der Waals surface area contributed by atoms with E-state index >= 15 is 0 Å². The fourth-order valence-electron chi connectivity index (χ4n) is 5.43. The van der Waals surface area contributed by atoms with Gasteiger partial charge in [-0.2, -0.15) is 4.98 Å². The van der Waals surface area contributed by atoms with E-state index in [1.54, 1.807) is 4.31 Å². The van der Waals surface area contributed by atoms with Crippen LogP contribution in [0.25, 0.3) is 0 Å². The first kappa shape index (κ1) is 19.9. The molecule has 2 aromatic rings. The molecular weight excluding hydrogens is 400 g/mol. The van der Waals surface area contributed by atoms with Gasteiger partial charge >= 0.3 is 0 Å². The van der Waals surface area contributed by atoms with Crippen molar-refractivity contribution in [2.75, 3.05) is 25.9 Å². The van der Waals surface area contributed by atoms with Crippen LogP contribution in [0.3, 0.4) is 0 Å². The maximum Gasteiger partial charge on any atom is 0.277 e. The van der Waals surface area contributed by atoms with Crippen molar-refractivity contribution >= 4 is 10.0 Å². The summed E-state index contributed by atoms with van der Waals surface area (Å²) >= 11 is 0. The van der Waals surface area contributed by atoms with E-state index in [2.05, 4.69) is 26.6 Å². The molecule has 8 heteroatoms. The van der Waals surface area contributed by atoms with Gasteiger partial charge in [0.1, 0.15) is 5.82 Å². The van der Waals surface area contributed by atoms with E-state index in [-0.39, 0.29) is 11.0 Å². The Morgan fingerprint density at radius 3 is 2.43 bits per heavy atom. The molecule has 7 nitrogen and oxygen atoms in total. The molecule has 1 aromatic heterocycles. The van der Waals surface area contributed by atoms with Crippen molar-refractivity contribution in [2.24, 2.45) is 0 Å². The second-order valence-corrected chi connectivity index (χ2v) is 10.9. The Balaban J connectivity index is 1.41. The Morgan fingerprint density at radius 1 is 1.03 bits per heavy atom. The van der Waals surface area contributed by atoms with Crippen LogP contribution in [0.4, 0.5) is 0 Å². The lowest BCUT2D eigenvalue weighted by atomic mass is 9.77. The second-order valence-electron chi connectivity index (χ2n) is 8.96. The summed E-state index contributed by atoms with van der Waals surface area (Å²) in [6.07, 6.45) is 4.56. The zero-order valence-corrected chi connectivity index (χ0v) is 18.2. The molecule has 1 saturated heterocycles. The SMILES string of the molecule is CS(=O)(=O)N1CCC2(CC1)CCn1c2nc(=O)c2c1CCN(Cc1ccccc1)C2. The number of rotatable bonds is 3. The largest absolute Gasteiger partial charge is 0.332 e. The molecule has 0 N–H and O–H groups in total. The monoisotopic (exact) mass is 428 g/mol.